The van der Waals surface area contributed by atoms with Gasteiger partial charge < -0.3 is 36.0 Å². The van der Waals surface area contributed by atoms with E-state index in [2.05, 4.69) is 21.3 Å². The van der Waals surface area contributed by atoms with Crippen LogP contribution in [0.2, 0.25) is 0 Å². The van der Waals surface area contributed by atoms with E-state index in [0.717, 1.165) is 11.1 Å². The fraction of sp³-hybridized carbons (Fsp3) is 0.514. The highest BCUT2D eigenvalue weighted by Crippen LogP contribution is 2.21. The number of nitrogens with zero attached hydrogens (tertiary/aromatic N) is 1. The molecule has 1 heterocycles. The van der Waals surface area contributed by atoms with Crippen LogP contribution in [0.15, 0.2) is 60.7 Å². The van der Waals surface area contributed by atoms with Gasteiger partial charge in [0.25, 0.3) is 5.91 Å². The van der Waals surface area contributed by atoms with Crippen molar-refractivity contribution in [2.75, 3.05) is 6.54 Å². The first-order chi connectivity index (χ1) is 22.2. The topological polar surface area (TPSA) is 166 Å². The van der Waals surface area contributed by atoms with Crippen LogP contribution in [0.5, 0.6) is 0 Å². The van der Waals surface area contributed by atoms with Gasteiger partial charge >= 0.3 is 6.09 Å². The van der Waals surface area contributed by atoms with E-state index >= 15 is 0 Å². The molecule has 5 N–H and O–H groups in total. The van der Waals surface area contributed by atoms with Gasteiger partial charge in [0.1, 0.15) is 24.7 Å². The molecule has 0 bridgehead atoms. The molecular formula is C35H49N5O7. The Labute approximate surface area is 277 Å². The quantitative estimate of drug-likeness (QED) is 0.222. The van der Waals surface area contributed by atoms with Crippen molar-refractivity contribution in [3.05, 3.63) is 71.8 Å². The summed E-state index contributed by atoms with van der Waals surface area (Å²) in [7, 11) is 0. The predicted molar refractivity (Wildman–Crippen MR) is 177 cm³/mol. The minimum atomic E-state index is -1.66. The normalized spacial score (nSPS) is 17.2. The van der Waals surface area contributed by atoms with Gasteiger partial charge in [-0.15, -0.1) is 0 Å². The minimum absolute atomic E-state index is 0.0291. The third kappa shape index (κ3) is 11.4. The fourth-order valence-electron chi connectivity index (χ4n) is 5.30. The van der Waals surface area contributed by atoms with Crippen molar-refractivity contribution in [1.82, 2.24) is 26.2 Å². The molecule has 1 aliphatic rings. The van der Waals surface area contributed by atoms with Crippen molar-refractivity contribution in [3.63, 3.8) is 0 Å². The van der Waals surface area contributed by atoms with Gasteiger partial charge in [-0.05, 0) is 64.0 Å². The highest BCUT2D eigenvalue weighted by Gasteiger charge is 2.41. The van der Waals surface area contributed by atoms with Crippen LogP contribution in [0.4, 0.5) is 4.79 Å². The fourth-order valence-corrected chi connectivity index (χ4v) is 5.30. The first-order valence-electron chi connectivity index (χ1n) is 16.1. The summed E-state index contributed by atoms with van der Waals surface area (Å²) in [5, 5.41) is 22.3. The second-order valence-corrected chi connectivity index (χ2v) is 13.3. The van der Waals surface area contributed by atoms with Crippen molar-refractivity contribution in [2.45, 2.75) is 103 Å². The van der Waals surface area contributed by atoms with Crippen LogP contribution in [0, 0.1) is 5.92 Å². The van der Waals surface area contributed by atoms with Gasteiger partial charge in [-0.25, -0.2) is 4.79 Å². The van der Waals surface area contributed by atoms with Crippen molar-refractivity contribution in [2.24, 2.45) is 5.92 Å². The summed E-state index contributed by atoms with van der Waals surface area (Å²) in [5.41, 5.74) is 1.06. The second kappa shape index (κ2) is 16.9. The highest BCUT2D eigenvalue weighted by molar-refractivity contribution is 5.93. The second-order valence-electron chi connectivity index (χ2n) is 13.3. The van der Waals surface area contributed by atoms with Gasteiger partial charge in [-0.2, -0.15) is 0 Å². The van der Waals surface area contributed by atoms with Gasteiger partial charge in [0.05, 0.1) is 6.04 Å². The van der Waals surface area contributed by atoms with E-state index in [1.165, 1.54) is 11.8 Å². The molecule has 0 aromatic heterocycles. The third-order valence-electron chi connectivity index (χ3n) is 7.78. The zero-order valence-electron chi connectivity index (χ0n) is 28.1. The summed E-state index contributed by atoms with van der Waals surface area (Å²) in [6.45, 7) is 10.8. The van der Waals surface area contributed by atoms with Crippen molar-refractivity contribution < 1.29 is 33.8 Å². The first-order valence-corrected chi connectivity index (χ1v) is 16.1. The number of aliphatic hydroxyl groups is 1. The Bertz CT molecular complexity index is 1360. The zero-order chi connectivity index (χ0) is 34.7. The molecule has 1 aliphatic heterocycles. The Morgan fingerprint density at radius 3 is 2.04 bits per heavy atom. The van der Waals surface area contributed by atoms with Gasteiger partial charge in [0.2, 0.25) is 17.7 Å². The van der Waals surface area contributed by atoms with Crippen LogP contribution >= 0.6 is 0 Å². The Hall–Kier alpha value is -4.45. The minimum Gasteiger partial charge on any atom is -0.445 e. The molecule has 12 heteroatoms. The monoisotopic (exact) mass is 651 g/mol. The molecule has 3 rings (SSSR count). The smallest absolute Gasteiger partial charge is 0.408 e. The molecule has 5 amide bonds. The van der Waals surface area contributed by atoms with Gasteiger partial charge in [0.15, 0.2) is 6.10 Å². The number of hydrogen-bond donors (Lipinski definition) is 5. The van der Waals surface area contributed by atoms with Crippen molar-refractivity contribution >= 4 is 29.7 Å². The van der Waals surface area contributed by atoms with E-state index in [0.29, 0.717) is 19.4 Å². The molecule has 0 spiro atoms. The zero-order valence-corrected chi connectivity index (χ0v) is 28.1. The lowest BCUT2D eigenvalue weighted by atomic mass is 9.97. The number of rotatable bonds is 13. The maximum absolute atomic E-state index is 13.7. The van der Waals surface area contributed by atoms with E-state index in [1.807, 2.05) is 69.3 Å². The Balaban J connectivity index is 1.70. The first kappa shape index (κ1) is 37.0. The number of benzene rings is 2. The van der Waals surface area contributed by atoms with Crippen LogP contribution in [0.25, 0.3) is 0 Å². The summed E-state index contributed by atoms with van der Waals surface area (Å²) >= 11 is 0. The maximum Gasteiger partial charge on any atom is 0.408 e. The van der Waals surface area contributed by atoms with Gasteiger partial charge in [-0.1, -0.05) is 74.5 Å². The number of nitrogens with one attached hydrogen (secondary N) is 4. The number of aliphatic hydroxyl groups excluding tert-OH is 1. The molecule has 0 radical (unpaired) electrons. The SMILES string of the molecule is CC(C)[C@H](NC(=O)[C@H](C)NC(=O)OCc1ccccc1)C(=O)N[C@@H](Cc1ccccc1)[C@@H](O)C(=O)N1CCC[C@H]1C(=O)NC(C)(C)C. The van der Waals surface area contributed by atoms with Gasteiger partial charge in [-0.3, -0.25) is 19.2 Å². The van der Waals surface area contributed by atoms with Crippen LogP contribution in [-0.4, -0.2) is 82.1 Å². The van der Waals surface area contributed by atoms with E-state index in [-0.39, 0.29) is 24.9 Å². The third-order valence-corrected chi connectivity index (χ3v) is 7.78. The lowest BCUT2D eigenvalue weighted by Gasteiger charge is -2.33. The Kier molecular flexibility index (Phi) is 13.3. The molecule has 1 fully saturated rings. The molecule has 0 saturated carbocycles. The number of ether oxygens (including phenoxy) is 1. The average molecular weight is 652 g/mol. The van der Waals surface area contributed by atoms with E-state index in [4.69, 9.17) is 4.74 Å². The molecule has 2 aromatic carbocycles. The number of carbonyl (C=O) groups is 5. The number of likely N-dealkylation sites (tertiary alicyclic amines) is 1. The van der Waals surface area contributed by atoms with Gasteiger partial charge in [0, 0.05) is 12.1 Å². The Morgan fingerprint density at radius 2 is 1.47 bits per heavy atom. The van der Waals surface area contributed by atoms with E-state index in [9.17, 15) is 29.1 Å². The largest absolute Gasteiger partial charge is 0.445 e. The van der Waals surface area contributed by atoms with Crippen LogP contribution in [-0.2, 0) is 36.9 Å². The molecule has 256 valence electrons. The summed E-state index contributed by atoms with van der Waals surface area (Å²) in [4.78, 5) is 67.1. The van der Waals surface area contributed by atoms with Crippen LogP contribution in [0.3, 0.4) is 0 Å². The summed E-state index contributed by atoms with van der Waals surface area (Å²) < 4.78 is 5.20. The summed E-state index contributed by atoms with van der Waals surface area (Å²) in [6.07, 6.45) is -1.27. The lowest BCUT2D eigenvalue weighted by molar-refractivity contribution is -0.147. The predicted octanol–water partition coefficient (Wildman–Crippen LogP) is 2.44. The standard InChI is InChI=1S/C35H49N5O7/c1-22(2)28(38-30(42)23(3)36-34(46)47-21-25-16-11-8-12-17-25)32(44)37-26(20-24-14-9-7-10-15-24)29(41)33(45)40-19-13-18-27(40)31(43)39-35(4,5)6/h7-12,14-17,22-23,26-29,41H,13,18-21H2,1-6H3,(H,36,46)(H,37,44)(H,38,42)(H,39,43)/t23-,26-,27-,28-,29+/m0/s1. The van der Waals surface area contributed by atoms with Crippen molar-refractivity contribution in [1.29, 1.82) is 0 Å². The molecule has 0 unspecified atom stereocenters. The van der Waals surface area contributed by atoms with Crippen LogP contribution < -0.4 is 21.3 Å². The molecule has 5 atom stereocenters. The van der Waals surface area contributed by atoms with Crippen LogP contribution in [0.1, 0.15) is 65.5 Å². The highest BCUT2D eigenvalue weighted by atomic mass is 16.5. The maximum atomic E-state index is 13.7. The molecule has 47 heavy (non-hydrogen) atoms. The molecule has 1 saturated heterocycles. The molecule has 0 aliphatic carbocycles. The number of carbonyl (C=O) groups excluding carboxylic acids is 5. The number of alkyl carbamates (subject to hydrolysis) is 1. The molecular weight excluding hydrogens is 602 g/mol. The van der Waals surface area contributed by atoms with E-state index < -0.39 is 59.6 Å². The number of amides is 5. The van der Waals surface area contributed by atoms with Crippen molar-refractivity contribution in [3.8, 4) is 0 Å². The average Bonchev–Trinajstić information content (AvgIpc) is 3.52. The molecule has 2 aromatic rings. The summed E-state index contributed by atoms with van der Waals surface area (Å²) in [5.74, 6) is -2.56. The summed E-state index contributed by atoms with van der Waals surface area (Å²) in [6, 6.07) is 14.3. The van der Waals surface area contributed by atoms with E-state index in [1.54, 1.807) is 26.0 Å². The lowest BCUT2D eigenvalue weighted by Crippen LogP contribution is -2.60. The number of hydrogen-bond acceptors (Lipinski definition) is 7. The Morgan fingerprint density at radius 1 is 0.872 bits per heavy atom. The molecule has 12 nitrogen and oxygen atoms in total.